The van der Waals surface area contributed by atoms with E-state index in [9.17, 15) is 13.2 Å². The molecule has 0 saturated heterocycles. The number of primary amides is 1. The zero-order valence-corrected chi connectivity index (χ0v) is 12.6. The van der Waals surface area contributed by atoms with E-state index in [0.29, 0.717) is 17.0 Å². The Morgan fingerprint density at radius 2 is 2.00 bits per heavy atom. The topological polar surface area (TPSA) is 89.3 Å². The van der Waals surface area contributed by atoms with Crippen LogP contribution < -0.4 is 10.5 Å². The molecule has 1 aromatic heterocycles. The lowest BCUT2D eigenvalue weighted by molar-refractivity contribution is 0.100. The summed E-state index contributed by atoms with van der Waals surface area (Å²) in [6, 6.07) is 1.46. The van der Waals surface area contributed by atoms with Crippen LogP contribution in [0, 0.1) is 0 Å². The van der Waals surface area contributed by atoms with E-state index in [1.807, 2.05) is 0 Å². The Balaban J connectivity index is 2.43. The summed E-state index contributed by atoms with van der Waals surface area (Å²) in [5.74, 6) is -0.437. The monoisotopic (exact) mass is 304 g/mol. The van der Waals surface area contributed by atoms with Crippen molar-refractivity contribution in [3.8, 4) is 0 Å². The van der Waals surface area contributed by atoms with Gasteiger partial charge < -0.3 is 5.73 Å². The molecule has 0 spiro atoms. The predicted octanol–water partition coefficient (Wildman–Crippen LogP) is 2.56. The first kappa shape index (κ1) is 16.0. The maximum Gasteiger partial charge on any atom is 0.258 e. The molecular weight excluding hydrogens is 284 g/mol. The molecule has 1 amide bonds. The second-order valence-electron chi connectivity index (χ2n) is 4.40. The third-order valence-electron chi connectivity index (χ3n) is 2.63. The number of hydrogen-bond acceptors (Lipinski definition) is 4. The fraction of sp³-hybridized carbons (Fsp3) is 0.583. The Labute approximate surface area is 118 Å². The minimum atomic E-state index is -3.33. The fourth-order valence-electron chi connectivity index (χ4n) is 1.65. The number of nitrogens with one attached hydrogen (secondary N) is 1. The predicted molar refractivity (Wildman–Crippen MR) is 79.0 cm³/mol. The summed E-state index contributed by atoms with van der Waals surface area (Å²) < 4.78 is 26.0. The highest BCUT2D eigenvalue weighted by atomic mass is 32.2. The molecule has 0 unspecified atom stereocenters. The molecule has 0 aliphatic rings. The maximum atomic E-state index is 11.8. The highest BCUT2D eigenvalue weighted by molar-refractivity contribution is 7.92. The van der Waals surface area contributed by atoms with Crippen molar-refractivity contribution in [1.82, 2.24) is 0 Å². The maximum absolute atomic E-state index is 11.8. The Hall–Kier alpha value is -1.08. The minimum Gasteiger partial charge on any atom is -0.365 e. The molecule has 0 aliphatic carbocycles. The summed E-state index contributed by atoms with van der Waals surface area (Å²) in [7, 11) is -3.33. The van der Waals surface area contributed by atoms with E-state index >= 15 is 0 Å². The molecule has 0 bridgehead atoms. The number of rotatable bonds is 9. The lowest BCUT2D eigenvalue weighted by Crippen LogP contribution is -2.16. The summed E-state index contributed by atoms with van der Waals surface area (Å²) in [6.07, 6.45) is 4.92. The van der Waals surface area contributed by atoms with Gasteiger partial charge in [0.2, 0.25) is 10.0 Å². The van der Waals surface area contributed by atoms with Gasteiger partial charge in [-0.1, -0.05) is 32.6 Å². The number of amides is 1. The van der Waals surface area contributed by atoms with E-state index in [0.717, 1.165) is 37.0 Å². The van der Waals surface area contributed by atoms with Crippen LogP contribution in [0.2, 0.25) is 0 Å². The number of unbranched alkanes of at least 4 members (excludes halogenated alkanes) is 4. The van der Waals surface area contributed by atoms with Crippen molar-refractivity contribution < 1.29 is 13.2 Å². The van der Waals surface area contributed by atoms with E-state index in [1.54, 1.807) is 5.38 Å². The van der Waals surface area contributed by atoms with Gasteiger partial charge in [-0.05, 0) is 12.5 Å². The van der Waals surface area contributed by atoms with Gasteiger partial charge in [0.1, 0.15) is 0 Å². The van der Waals surface area contributed by atoms with E-state index in [4.69, 9.17) is 5.73 Å². The Morgan fingerprint density at radius 3 is 2.58 bits per heavy atom. The molecule has 19 heavy (non-hydrogen) atoms. The van der Waals surface area contributed by atoms with Crippen molar-refractivity contribution in [3.63, 3.8) is 0 Å². The van der Waals surface area contributed by atoms with Crippen LogP contribution >= 0.6 is 11.3 Å². The second kappa shape index (κ2) is 7.49. The van der Waals surface area contributed by atoms with Crippen LogP contribution in [0.1, 0.15) is 48.7 Å². The third-order valence-corrected chi connectivity index (χ3v) is 4.95. The zero-order valence-electron chi connectivity index (χ0n) is 11.0. The highest BCUT2D eigenvalue weighted by Gasteiger charge is 2.12. The Bertz CT molecular complexity index is 509. The molecule has 0 aromatic carbocycles. The van der Waals surface area contributed by atoms with E-state index in [-0.39, 0.29) is 5.75 Å². The summed E-state index contributed by atoms with van der Waals surface area (Å²) in [6.45, 7) is 2.12. The standard InChI is InChI=1S/C12H20N2O3S2/c1-2-3-4-5-6-7-19(16,17)14-10-8-11(12(13)15)18-9-10/h8-9,14H,2-7H2,1H3,(H2,13,15). The number of sulfonamides is 1. The van der Waals surface area contributed by atoms with Gasteiger partial charge in [0.15, 0.2) is 0 Å². The molecule has 0 fully saturated rings. The average molecular weight is 304 g/mol. The van der Waals surface area contributed by atoms with Crippen LogP contribution in [0.25, 0.3) is 0 Å². The van der Waals surface area contributed by atoms with Crippen LogP contribution in [-0.4, -0.2) is 20.1 Å². The molecule has 1 aromatic rings. The van der Waals surface area contributed by atoms with Gasteiger partial charge in [-0.3, -0.25) is 9.52 Å². The van der Waals surface area contributed by atoms with Crippen molar-refractivity contribution in [1.29, 1.82) is 0 Å². The van der Waals surface area contributed by atoms with Crippen LogP contribution in [0.5, 0.6) is 0 Å². The molecule has 3 N–H and O–H groups in total. The number of carbonyl (C=O) groups is 1. The van der Waals surface area contributed by atoms with Crippen LogP contribution in [0.4, 0.5) is 5.69 Å². The molecule has 108 valence electrons. The van der Waals surface area contributed by atoms with Gasteiger partial charge in [0.25, 0.3) is 5.91 Å². The lowest BCUT2D eigenvalue weighted by Gasteiger charge is -2.05. The van der Waals surface area contributed by atoms with Gasteiger partial charge in [0.05, 0.1) is 16.3 Å². The van der Waals surface area contributed by atoms with Crippen LogP contribution in [0.3, 0.4) is 0 Å². The van der Waals surface area contributed by atoms with Gasteiger partial charge >= 0.3 is 0 Å². The number of anilines is 1. The molecule has 5 nitrogen and oxygen atoms in total. The Kier molecular flexibility index (Phi) is 6.30. The Morgan fingerprint density at radius 1 is 1.32 bits per heavy atom. The first-order chi connectivity index (χ1) is 8.94. The van der Waals surface area contributed by atoms with Crippen molar-refractivity contribution >= 4 is 33.0 Å². The largest absolute Gasteiger partial charge is 0.365 e. The summed E-state index contributed by atoms with van der Waals surface area (Å²) in [5, 5.41) is 1.58. The first-order valence-electron chi connectivity index (χ1n) is 6.33. The average Bonchev–Trinajstić information content (AvgIpc) is 2.76. The number of hydrogen-bond donors (Lipinski definition) is 2. The number of carbonyl (C=O) groups excluding carboxylic acids is 1. The summed E-state index contributed by atoms with van der Waals surface area (Å²) in [4.78, 5) is 11.3. The van der Waals surface area contributed by atoms with E-state index in [1.165, 1.54) is 6.07 Å². The number of thiophene rings is 1. The minimum absolute atomic E-state index is 0.110. The zero-order chi connectivity index (χ0) is 14.3. The number of nitrogens with two attached hydrogens (primary N) is 1. The molecule has 0 radical (unpaired) electrons. The summed E-state index contributed by atoms with van der Waals surface area (Å²) in [5.41, 5.74) is 5.52. The quantitative estimate of drug-likeness (QED) is 0.687. The first-order valence-corrected chi connectivity index (χ1v) is 8.86. The molecule has 0 aliphatic heterocycles. The van der Waals surface area contributed by atoms with Gasteiger partial charge in [-0.2, -0.15) is 0 Å². The SMILES string of the molecule is CCCCCCCS(=O)(=O)Nc1csc(C(N)=O)c1. The normalized spacial score (nSPS) is 11.4. The molecule has 1 rings (SSSR count). The molecule has 1 heterocycles. The smallest absolute Gasteiger partial charge is 0.258 e. The van der Waals surface area contributed by atoms with Crippen LogP contribution in [0.15, 0.2) is 11.4 Å². The van der Waals surface area contributed by atoms with Crippen molar-refractivity contribution in [2.45, 2.75) is 39.0 Å². The molecule has 0 atom stereocenters. The summed E-state index contributed by atoms with van der Waals surface area (Å²) >= 11 is 1.13. The van der Waals surface area contributed by atoms with Crippen molar-refractivity contribution in [2.24, 2.45) is 5.73 Å². The fourth-order valence-corrected chi connectivity index (χ4v) is 3.58. The van der Waals surface area contributed by atoms with E-state index < -0.39 is 15.9 Å². The van der Waals surface area contributed by atoms with Gasteiger partial charge in [-0.25, -0.2) is 8.42 Å². The molecule has 7 heteroatoms. The highest BCUT2D eigenvalue weighted by Crippen LogP contribution is 2.20. The van der Waals surface area contributed by atoms with Crippen LogP contribution in [-0.2, 0) is 10.0 Å². The van der Waals surface area contributed by atoms with Gasteiger partial charge in [-0.15, -0.1) is 11.3 Å². The molecular formula is C12H20N2O3S2. The van der Waals surface area contributed by atoms with E-state index in [2.05, 4.69) is 11.6 Å². The van der Waals surface area contributed by atoms with Crippen molar-refractivity contribution in [3.05, 3.63) is 16.3 Å². The van der Waals surface area contributed by atoms with Gasteiger partial charge in [0, 0.05) is 5.38 Å². The lowest BCUT2D eigenvalue weighted by atomic mass is 10.2. The molecule has 0 saturated carbocycles. The second-order valence-corrected chi connectivity index (χ2v) is 7.15. The third kappa shape index (κ3) is 6.07. The van der Waals surface area contributed by atoms with Crippen molar-refractivity contribution in [2.75, 3.05) is 10.5 Å².